The Balaban J connectivity index is 2.20. The van der Waals surface area contributed by atoms with Crippen LogP contribution in [0.2, 0.25) is 0 Å². The van der Waals surface area contributed by atoms with E-state index < -0.39 is 41.5 Å². The van der Waals surface area contributed by atoms with Crippen LogP contribution in [0.15, 0.2) is 48.5 Å². The molecule has 1 fully saturated rings. The summed E-state index contributed by atoms with van der Waals surface area (Å²) >= 11 is 0. The highest BCUT2D eigenvalue weighted by atomic mass is 16.6. The molecule has 0 aromatic heterocycles. The van der Waals surface area contributed by atoms with Crippen molar-refractivity contribution in [3.63, 3.8) is 0 Å². The van der Waals surface area contributed by atoms with Crippen molar-refractivity contribution >= 4 is 18.2 Å². The maximum Gasteiger partial charge on any atom is 0.419 e. The van der Waals surface area contributed by atoms with Crippen molar-refractivity contribution in [2.75, 3.05) is 0 Å². The Morgan fingerprint density at radius 3 is 1.21 bits per heavy atom. The summed E-state index contributed by atoms with van der Waals surface area (Å²) in [5.74, 6) is 0. The maximum absolute atomic E-state index is 13.7. The average molecular weight is 467 g/mol. The SMILES string of the molecule is Cc1ccc(C2C(c3ccc(C)cc3)N(C(=O)OC(C)(C)C)C(=O)N2C(=O)OC(C)(C)C)cc1. The van der Waals surface area contributed by atoms with Crippen LogP contribution in [0.5, 0.6) is 0 Å². The molecule has 182 valence electrons. The van der Waals surface area contributed by atoms with Crippen molar-refractivity contribution in [3.05, 3.63) is 70.8 Å². The van der Waals surface area contributed by atoms with Crippen molar-refractivity contribution in [2.24, 2.45) is 0 Å². The van der Waals surface area contributed by atoms with E-state index in [9.17, 15) is 14.4 Å². The van der Waals surface area contributed by atoms with E-state index in [2.05, 4.69) is 0 Å². The fraction of sp³-hybridized carbons (Fsp3) is 0.444. The quantitative estimate of drug-likeness (QED) is 0.493. The molecule has 0 N–H and O–H groups in total. The van der Waals surface area contributed by atoms with Gasteiger partial charge >= 0.3 is 18.2 Å². The number of aryl methyl sites for hydroxylation is 2. The maximum atomic E-state index is 13.7. The molecule has 34 heavy (non-hydrogen) atoms. The van der Waals surface area contributed by atoms with Gasteiger partial charge in [0.05, 0.1) is 12.1 Å². The molecule has 1 aliphatic rings. The lowest BCUT2D eigenvalue weighted by atomic mass is 9.92. The Kier molecular flexibility index (Phi) is 6.78. The van der Waals surface area contributed by atoms with E-state index in [0.717, 1.165) is 20.9 Å². The van der Waals surface area contributed by atoms with Gasteiger partial charge in [-0.05, 0) is 66.5 Å². The number of amides is 4. The van der Waals surface area contributed by atoms with E-state index in [1.807, 2.05) is 62.4 Å². The highest BCUT2D eigenvalue weighted by Gasteiger charge is 2.55. The van der Waals surface area contributed by atoms with E-state index in [1.54, 1.807) is 41.5 Å². The zero-order valence-corrected chi connectivity index (χ0v) is 21.2. The highest BCUT2D eigenvalue weighted by Crippen LogP contribution is 2.46. The van der Waals surface area contributed by atoms with Gasteiger partial charge in [-0.15, -0.1) is 0 Å². The van der Waals surface area contributed by atoms with Crippen molar-refractivity contribution in [2.45, 2.75) is 78.7 Å². The standard InChI is InChI=1S/C27H34N2O5/c1-17-9-13-19(14-10-17)21-22(20-15-11-18(2)12-16-20)29(25(32)34-27(6,7)8)23(30)28(21)24(31)33-26(3,4)5/h9-16,21-22H,1-8H3. The topological polar surface area (TPSA) is 76.2 Å². The number of benzene rings is 2. The molecule has 0 saturated carbocycles. The first-order valence-corrected chi connectivity index (χ1v) is 11.4. The van der Waals surface area contributed by atoms with Crippen molar-refractivity contribution in [3.8, 4) is 0 Å². The summed E-state index contributed by atoms with van der Waals surface area (Å²) in [5, 5.41) is 0. The van der Waals surface area contributed by atoms with Gasteiger partial charge in [0.2, 0.25) is 0 Å². The minimum atomic E-state index is -0.826. The second-order valence-corrected chi connectivity index (χ2v) is 10.7. The van der Waals surface area contributed by atoms with Gasteiger partial charge in [-0.3, -0.25) is 0 Å². The van der Waals surface area contributed by atoms with Gasteiger partial charge in [-0.1, -0.05) is 59.7 Å². The predicted octanol–water partition coefficient (Wildman–Crippen LogP) is 6.69. The van der Waals surface area contributed by atoms with Crippen LogP contribution in [-0.2, 0) is 9.47 Å². The number of hydrogen-bond donors (Lipinski definition) is 0. The summed E-state index contributed by atoms with van der Waals surface area (Å²) in [6.07, 6.45) is -1.63. The Hall–Kier alpha value is -3.35. The molecule has 3 rings (SSSR count). The highest BCUT2D eigenvalue weighted by molar-refractivity contribution is 6.01. The fourth-order valence-corrected chi connectivity index (χ4v) is 3.83. The van der Waals surface area contributed by atoms with Crippen molar-refractivity contribution < 1.29 is 23.9 Å². The second kappa shape index (κ2) is 9.12. The third-order valence-electron chi connectivity index (χ3n) is 5.29. The summed E-state index contributed by atoms with van der Waals surface area (Å²) in [4.78, 5) is 42.4. The summed E-state index contributed by atoms with van der Waals surface area (Å²) in [6, 6.07) is 12.7. The second-order valence-electron chi connectivity index (χ2n) is 10.7. The Bertz CT molecular complexity index is 977. The van der Waals surface area contributed by atoms with Gasteiger partial charge in [0, 0.05) is 0 Å². The lowest BCUT2D eigenvalue weighted by molar-refractivity contribution is 0.0284. The molecule has 0 bridgehead atoms. The minimum absolute atomic E-state index is 0.710. The molecule has 2 aromatic carbocycles. The predicted molar refractivity (Wildman–Crippen MR) is 129 cm³/mol. The van der Waals surface area contributed by atoms with Crippen LogP contribution in [-0.4, -0.2) is 39.2 Å². The first kappa shape index (κ1) is 25.3. The van der Waals surface area contributed by atoms with Crippen LogP contribution < -0.4 is 0 Å². The van der Waals surface area contributed by atoms with E-state index in [1.165, 1.54) is 0 Å². The average Bonchev–Trinajstić information content (AvgIpc) is 3.00. The molecule has 1 saturated heterocycles. The molecule has 2 atom stereocenters. The van der Waals surface area contributed by atoms with E-state index in [0.29, 0.717) is 11.1 Å². The number of nitrogens with zero attached hydrogens (tertiary/aromatic N) is 2. The first-order chi connectivity index (χ1) is 15.7. The smallest absolute Gasteiger partial charge is 0.419 e. The van der Waals surface area contributed by atoms with E-state index >= 15 is 0 Å². The molecule has 7 nitrogen and oxygen atoms in total. The van der Waals surface area contributed by atoms with E-state index in [4.69, 9.17) is 9.47 Å². The van der Waals surface area contributed by atoms with Gasteiger partial charge in [-0.2, -0.15) is 0 Å². The normalized spacial score (nSPS) is 18.8. The number of urea groups is 1. The van der Waals surface area contributed by atoms with Crippen LogP contribution in [0, 0.1) is 13.8 Å². The van der Waals surface area contributed by atoms with Gasteiger partial charge < -0.3 is 9.47 Å². The van der Waals surface area contributed by atoms with Crippen LogP contribution in [0.25, 0.3) is 0 Å². The zero-order valence-electron chi connectivity index (χ0n) is 21.2. The Morgan fingerprint density at radius 2 is 0.941 bits per heavy atom. The molecule has 0 aliphatic carbocycles. The molecular formula is C27H34N2O5. The number of ether oxygens (including phenoxy) is 2. The summed E-state index contributed by atoms with van der Waals surface area (Å²) in [6.45, 7) is 14.3. The van der Waals surface area contributed by atoms with Crippen LogP contribution in [0.1, 0.15) is 75.9 Å². The Labute approximate surface area is 201 Å². The van der Waals surface area contributed by atoms with Crippen LogP contribution >= 0.6 is 0 Å². The van der Waals surface area contributed by atoms with Gasteiger partial charge in [0.1, 0.15) is 11.2 Å². The number of carbonyl (C=O) groups excluding carboxylic acids is 3. The lowest BCUT2D eigenvalue weighted by Crippen LogP contribution is -2.43. The van der Waals surface area contributed by atoms with Crippen molar-refractivity contribution in [1.82, 2.24) is 9.80 Å². The molecule has 2 unspecified atom stereocenters. The zero-order chi connectivity index (χ0) is 25.4. The lowest BCUT2D eigenvalue weighted by Gasteiger charge is -2.29. The fourth-order valence-electron chi connectivity index (χ4n) is 3.83. The van der Waals surface area contributed by atoms with E-state index in [-0.39, 0.29) is 0 Å². The molecule has 1 aliphatic heterocycles. The van der Waals surface area contributed by atoms with Crippen LogP contribution in [0.3, 0.4) is 0 Å². The molecular weight excluding hydrogens is 432 g/mol. The molecule has 4 amide bonds. The number of rotatable bonds is 2. The van der Waals surface area contributed by atoms with Gasteiger partial charge in [0.25, 0.3) is 0 Å². The largest absolute Gasteiger partial charge is 0.443 e. The van der Waals surface area contributed by atoms with Crippen LogP contribution in [0.4, 0.5) is 14.4 Å². The summed E-state index contributed by atoms with van der Waals surface area (Å²) < 4.78 is 11.2. The van der Waals surface area contributed by atoms with Gasteiger partial charge in [0.15, 0.2) is 0 Å². The minimum Gasteiger partial charge on any atom is -0.443 e. The molecule has 1 heterocycles. The molecule has 2 aromatic rings. The molecule has 7 heteroatoms. The van der Waals surface area contributed by atoms with Crippen molar-refractivity contribution in [1.29, 1.82) is 0 Å². The monoisotopic (exact) mass is 466 g/mol. The Morgan fingerprint density at radius 1 is 0.647 bits per heavy atom. The third-order valence-corrected chi connectivity index (χ3v) is 5.29. The number of imide groups is 2. The summed E-state index contributed by atoms with van der Waals surface area (Å²) in [7, 11) is 0. The first-order valence-electron chi connectivity index (χ1n) is 11.4. The third kappa shape index (κ3) is 5.58. The number of carbonyl (C=O) groups is 3. The van der Waals surface area contributed by atoms with Gasteiger partial charge in [-0.25, -0.2) is 24.2 Å². The summed E-state index contributed by atoms with van der Waals surface area (Å²) in [5.41, 5.74) is 1.84. The molecule has 0 spiro atoms. The molecule has 0 radical (unpaired) electrons. The number of hydrogen-bond acceptors (Lipinski definition) is 5.